The lowest BCUT2D eigenvalue weighted by molar-refractivity contribution is 0.977. The molecule has 1 unspecified atom stereocenters. The molecule has 0 aromatic heterocycles. The van der Waals surface area contributed by atoms with Crippen LogP contribution in [-0.2, 0) is 0 Å². The van der Waals surface area contributed by atoms with Gasteiger partial charge in [0.2, 0.25) is 0 Å². The van der Waals surface area contributed by atoms with E-state index >= 15 is 0 Å². The Balaban J connectivity index is 1.95. The van der Waals surface area contributed by atoms with E-state index in [1.54, 1.807) is 0 Å². The van der Waals surface area contributed by atoms with E-state index in [0.717, 1.165) is 17.5 Å². The van der Waals surface area contributed by atoms with Gasteiger partial charge in [0.05, 0.1) is 0 Å². The average molecular weight is 129 g/mol. The molecule has 8 heavy (non-hydrogen) atoms. The van der Waals surface area contributed by atoms with Gasteiger partial charge in [0.25, 0.3) is 0 Å². The number of rotatable bonds is 3. The summed E-state index contributed by atoms with van der Waals surface area (Å²) < 4.78 is 0. The van der Waals surface area contributed by atoms with Gasteiger partial charge in [0, 0.05) is 17.5 Å². The molecular weight excluding hydrogens is 118 g/mol. The molecule has 0 heterocycles. The number of hydrogen-bond acceptors (Lipinski definition) is 2. The topological polar surface area (TPSA) is 26.0 Å². The molecule has 0 spiro atoms. The van der Waals surface area contributed by atoms with E-state index in [9.17, 15) is 0 Å². The van der Waals surface area contributed by atoms with E-state index in [2.05, 4.69) is 12.2 Å². The summed E-state index contributed by atoms with van der Waals surface area (Å²) in [5.74, 6) is 1.11. The van der Waals surface area contributed by atoms with Crippen LogP contribution in [0.4, 0.5) is 0 Å². The first-order valence-corrected chi connectivity index (χ1v) is 3.96. The molecule has 1 rings (SSSR count). The van der Waals surface area contributed by atoms with Gasteiger partial charge in [-0.05, 0) is 6.42 Å². The minimum atomic E-state index is 0.790. The highest BCUT2D eigenvalue weighted by molar-refractivity contribution is 8.00. The van der Waals surface area contributed by atoms with Crippen LogP contribution in [0.25, 0.3) is 0 Å². The highest BCUT2D eigenvalue weighted by Gasteiger charge is 2.07. The molecule has 1 atom stereocenters. The molecule has 2 heteroatoms. The molecule has 1 aliphatic carbocycles. The summed E-state index contributed by atoms with van der Waals surface area (Å²) in [5, 5.41) is 0.790. The van der Waals surface area contributed by atoms with E-state index in [1.807, 2.05) is 11.8 Å². The Morgan fingerprint density at radius 1 is 1.75 bits per heavy atom. The van der Waals surface area contributed by atoms with Gasteiger partial charge in [-0.15, -0.1) is 0 Å². The molecule has 0 saturated carbocycles. The zero-order valence-electron chi connectivity index (χ0n) is 4.84. The average Bonchev–Trinajstić information content (AvgIpc) is 1.63. The van der Waals surface area contributed by atoms with E-state index in [-0.39, 0.29) is 0 Å². The van der Waals surface area contributed by atoms with Gasteiger partial charge in [-0.1, -0.05) is 12.2 Å². The first-order chi connectivity index (χ1) is 3.93. The molecule has 0 aromatic carbocycles. The smallest absolute Gasteiger partial charge is 0.0262 e. The van der Waals surface area contributed by atoms with Gasteiger partial charge >= 0.3 is 0 Å². The zero-order chi connectivity index (χ0) is 5.82. The first-order valence-electron chi connectivity index (χ1n) is 2.92. The molecule has 0 fully saturated rings. The van der Waals surface area contributed by atoms with Gasteiger partial charge in [0.1, 0.15) is 0 Å². The number of thioether (sulfide) groups is 1. The second-order valence-corrected chi connectivity index (χ2v) is 3.21. The van der Waals surface area contributed by atoms with Crippen molar-refractivity contribution in [2.24, 2.45) is 5.73 Å². The lowest BCUT2D eigenvalue weighted by Crippen LogP contribution is -2.10. The Kier molecular flexibility index (Phi) is 2.43. The number of allylic oxidation sites excluding steroid dienone is 1. The van der Waals surface area contributed by atoms with Crippen molar-refractivity contribution in [3.8, 4) is 0 Å². The highest BCUT2D eigenvalue weighted by Crippen LogP contribution is 2.22. The molecular formula is C6H11NS. The van der Waals surface area contributed by atoms with Crippen molar-refractivity contribution in [2.45, 2.75) is 11.7 Å². The van der Waals surface area contributed by atoms with Crippen molar-refractivity contribution < 1.29 is 0 Å². The van der Waals surface area contributed by atoms with Gasteiger partial charge in [-0.25, -0.2) is 0 Å². The molecule has 0 aromatic rings. The Labute approximate surface area is 54.3 Å². The lowest BCUT2D eigenvalue weighted by Gasteiger charge is -2.15. The maximum atomic E-state index is 5.31. The highest BCUT2D eigenvalue weighted by atomic mass is 32.2. The third kappa shape index (κ3) is 1.53. The molecule has 1 nitrogen and oxygen atoms in total. The fourth-order valence-electron chi connectivity index (χ4n) is 0.590. The van der Waals surface area contributed by atoms with Gasteiger partial charge < -0.3 is 5.73 Å². The van der Waals surface area contributed by atoms with Crippen LogP contribution < -0.4 is 5.73 Å². The minimum Gasteiger partial charge on any atom is -0.330 e. The van der Waals surface area contributed by atoms with Crippen molar-refractivity contribution in [1.29, 1.82) is 0 Å². The predicted octanol–water partition coefficient (Wildman–Crippen LogP) is 1.01. The maximum absolute atomic E-state index is 5.31. The van der Waals surface area contributed by atoms with Crippen LogP contribution in [0.2, 0.25) is 0 Å². The monoisotopic (exact) mass is 129 g/mol. The predicted molar refractivity (Wildman–Crippen MR) is 39.1 cm³/mol. The number of nitrogens with two attached hydrogens (primary N) is 1. The van der Waals surface area contributed by atoms with Crippen LogP contribution in [-0.4, -0.2) is 17.5 Å². The normalized spacial score (nSPS) is 25.4. The van der Waals surface area contributed by atoms with Gasteiger partial charge in [-0.2, -0.15) is 11.8 Å². The van der Waals surface area contributed by atoms with Crippen molar-refractivity contribution in [1.82, 2.24) is 0 Å². The Morgan fingerprint density at radius 2 is 2.50 bits per heavy atom. The second kappa shape index (κ2) is 3.15. The van der Waals surface area contributed by atoms with Crippen molar-refractivity contribution in [3.05, 3.63) is 12.2 Å². The summed E-state index contributed by atoms with van der Waals surface area (Å²) in [4.78, 5) is 0. The molecule has 2 N–H and O–H groups in total. The standard InChI is InChI=1S/C6H11NS/c7-4-5-8-6-2-1-3-6/h1-2,6H,3-5,7H2. The van der Waals surface area contributed by atoms with Crippen molar-refractivity contribution >= 4 is 11.8 Å². The summed E-state index contributed by atoms with van der Waals surface area (Å²) in [5.41, 5.74) is 5.31. The van der Waals surface area contributed by atoms with E-state index in [1.165, 1.54) is 6.42 Å². The van der Waals surface area contributed by atoms with Crippen LogP contribution in [0.15, 0.2) is 12.2 Å². The fourth-order valence-corrected chi connectivity index (χ4v) is 1.50. The molecule has 1 aliphatic rings. The van der Waals surface area contributed by atoms with Crippen LogP contribution in [0, 0.1) is 0 Å². The van der Waals surface area contributed by atoms with Crippen LogP contribution in [0.5, 0.6) is 0 Å². The molecule has 46 valence electrons. The van der Waals surface area contributed by atoms with Gasteiger partial charge in [-0.3, -0.25) is 0 Å². The summed E-state index contributed by atoms with van der Waals surface area (Å²) in [6.07, 6.45) is 5.69. The summed E-state index contributed by atoms with van der Waals surface area (Å²) >= 11 is 1.95. The van der Waals surface area contributed by atoms with Crippen LogP contribution >= 0.6 is 11.8 Å². The third-order valence-electron chi connectivity index (χ3n) is 1.17. The van der Waals surface area contributed by atoms with E-state index in [4.69, 9.17) is 5.73 Å². The Hall–Kier alpha value is 0.0500. The van der Waals surface area contributed by atoms with Gasteiger partial charge in [0.15, 0.2) is 0 Å². The summed E-state index contributed by atoms with van der Waals surface area (Å²) in [6.45, 7) is 0.814. The van der Waals surface area contributed by atoms with Crippen LogP contribution in [0.3, 0.4) is 0 Å². The second-order valence-electron chi connectivity index (χ2n) is 1.86. The molecule has 0 bridgehead atoms. The SMILES string of the molecule is NCCSC1C=CC1. The van der Waals surface area contributed by atoms with E-state index < -0.39 is 0 Å². The minimum absolute atomic E-state index is 0.790. The largest absolute Gasteiger partial charge is 0.330 e. The molecule has 0 radical (unpaired) electrons. The maximum Gasteiger partial charge on any atom is 0.0262 e. The number of hydrogen-bond donors (Lipinski definition) is 1. The van der Waals surface area contributed by atoms with Crippen molar-refractivity contribution in [3.63, 3.8) is 0 Å². The third-order valence-corrected chi connectivity index (χ3v) is 2.42. The Bertz CT molecular complexity index is 90.5. The summed E-state index contributed by atoms with van der Waals surface area (Å²) in [6, 6.07) is 0. The van der Waals surface area contributed by atoms with E-state index in [0.29, 0.717) is 0 Å². The first kappa shape index (κ1) is 6.17. The molecule has 0 aliphatic heterocycles. The summed E-state index contributed by atoms with van der Waals surface area (Å²) in [7, 11) is 0. The quantitative estimate of drug-likeness (QED) is 0.575. The molecule has 0 saturated heterocycles. The fraction of sp³-hybridized carbons (Fsp3) is 0.667. The van der Waals surface area contributed by atoms with Crippen LogP contribution in [0.1, 0.15) is 6.42 Å². The zero-order valence-corrected chi connectivity index (χ0v) is 5.66. The van der Waals surface area contributed by atoms with Crippen molar-refractivity contribution in [2.75, 3.05) is 12.3 Å². The Morgan fingerprint density at radius 3 is 2.88 bits per heavy atom. The lowest BCUT2D eigenvalue weighted by atomic mass is 10.1. The molecule has 0 amide bonds.